The summed E-state index contributed by atoms with van der Waals surface area (Å²) in [6.45, 7) is 6.76. The first-order valence-corrected chi connectivity index (χ1v) is 5.27. The zero-order valence-electron chi connectivity index (χ0n) is 9.51. The largest absolute Gasteiger partial charge is 0.354 e. The molecule has 1 fully saturated rings. The second-order valence-electron chi connectivity index (χ2n) is 4.57. The quantitative estimate of drug-likeness (QED) is 0.658. The zero-order valence-corrected chi connectivity index (χ0v) is 10.3. The highest BCUT2D eigenvalue weighted by atomic mass is 35.5. The minimum absolute atomic E-state index is 0. The lowest BCUT2D eigenvalue weighted by Gasteiger charge is -2.34. The summed E-state index contributed by atoms with van der Waals surface area (Å²) in [6, 6.07) is -0.402. The van der Waals surface area contributed by atoms with Crippen LogP contribution >= 0.6 is 12.4 Å². The molecule has 0 radical (unpaired) electrons. The summed E-state index contributed by atoms with van der Waals surface area (Å²) in [7, 11) is 0. The minimum Gasteiger partial charge on any atom is -0.354 e. The Morgan fingerprint density at radius 3 is 2.53 bits per heavy atom. The SMILES string of the molecule is C[C@H](N)C(=O)NCC1(C)CCNCC1.Cl. The Balaban J connectivity index is 0.00000196. The van der Waals surface area contributed by atoms with Gasteiger partial charge in [0.1, 0.15) is 0 Å². The molecule has 1 atom stereocenters. The van der Waals surface area contributed by atoms with Crippen LogP contribution in [-0.4, -0.2) is 31.6 Å². The Bertz CT molecular complexity index is 203. The number of hydrogen-bond acceptors (Lipinski definition) is 3. The number of nitrogens with one attached hydrogen (secondary N) is 2. The topological polar surface area (TPSA) is 67.2 Å². The molecule has 0 aromatic carbocycles. The van der Waals surface area contributed by atoms with Gasteiger partial charge in [0.05, 0.1) is 6.04 Å². The molecular weight excluding hydrogens is 214 g/mol. The van der Waals surface area contributed by atoms with E-state index in [1.807, 2.05) is 0 Å². The van der Waals surface area contributed by atoms with Crippen LogP contribution in [0.1, 0.15) is 26.7 Å². The van der Waals surface area contributed by atoms with Crippen LogP contribution in [0.5, 0.6) is 0 Å². The molecule has 15 heavy (non-hydrogen) atoms. The fourth-order valence-electron chi connectivity index (χ4n) is 1.67. The van der Waals surface area contributed by atoms with E-state index < -0.39 is 6.04 Å². The lowest BCUT2D eigenvalue weighted by molar-refractivity contribution is -0.122. The summed E-state index contributed by atoms with van der Waals surface area (Å²) in [4.78, 5) is 11.3. The van der Waals surface area contributed by atoms with Crippen molar-refractivity contribution in [2.45, 2.75) is 32.7 Å². The molecule has 1 aliphatic heterocycles. The Labute approximate surface area is 97.8 Å². The zero-order chi connectivity index (χ0) is 10.6. The van der Waals surface area contributed by atoms with Gasteiger partial charge in [0.25, 0.3) is 0 Å². The molecule has 4 N–H and O–H groups in total. The number of amides is 1. The lowest BCUT2D eigenvalue weighted by atomic mass is 9.81. The van der Waals surface area contributed by atoms with Gasteiger partial charge in [-0.05, 0) is 38.3 Å². The van der Waals surface area contributed by atoms with Crippen molar-refractivity contribution in [1.82, 2.24) is 10.6 Å². The minimum atomic E-state index is -0.402. The van der Waals surface area contributed by atoms with Gasteiger partial charge >= 0.3 is 0 Å². The first-order chi connectivity index (χ1) is 6.53. The van der Waals surface area contributed by atoms with E-state index in [2.05, 4.69) is 17.6 Å². The highest BCUT2D eigenvalue weighted by molar-refractivity contribution is 5.85. The Hall–Kier alpha value is -0.320. The third-order valence-corrected chi connectivity index (χ3v) is 2.91. The molecule has 1 saturated heterocycles. The number of rotatable bonds is 3. The van der Waals surface area contributed by atoms with Crippen molar-refractivity contribution in [3.63, 3.8) is 0 Å². The molecule has 4 nitrogen and oxygen atoms in total. The van der Waals surface area contributed by atoms with Crippen LogP contribution in [-0.2, 0) is 4.79 Å². The molecule has 1 rings (SSSR count). The Kier molecular flexibility index (Phi) is 6.17. The van der Waals surface area contributed by atoms with Crippen LogP contribution in [0.3, 0.4) is 0 Å². The smallest absolute Gasteiger partial charge is 0.236 e. The molecule has 0 aromatic rings. The number of carbonyl (C=O) groups excluding carboxylic acids is 1. The molecule has 0 saturated carbocycles. The summed E-state index contributed by atoms with van der Waals surface area (Å²) in [5.74, 6) is -0.0512. The summed E-state index contributed by atoms with van der Waals surface area (Å²) in [6.07, 6.45) is 2.23. The van der Waals surface area contributed by atoms with Gasteiger partial charge < -0.3 is 16.4 Å². The molecule has 0 aromatic heterocycles. The fourth-order valence-corrected chi connectivity index (χ4v) is 1.67. The second-order valence-corrected chi connectivity index (χ2v) is 4.57. The van der Waals surface area contributed by atoms with Gasteiger partial charge in [-0.15, -0.1) is 12.4 Å². The molecule has 0 unspecified atom stereocenters. The third kappa shape index (κ3) is 4.82. The monoisotopic (exact) mass is 235 g/mol. The van der Waals surface area contributed by atoms with Crippen molar-refractivity contribution >= 4 is 18.3 Å². The van der Waals surface area contributed by atoms with E-state index in [0.29, 0.717) is 0 Å². The number of hydrogen-bond donors (Lipinski definition) is 3. The van der Waals surface area contributed by atoms with E-state index in [9.17, 15) is 4.79 Å². The van der Waals surface area contributed by atoms with E-state index in [4.69, 9.17) is 5.73 Å². The van der Waals surface area contributed by atoms with E-state index in [1.54, 1.807) is 6.92 Å². The van der Waals surface area contributed by atoms with Crippen LogP contribution in [0.2, 0.25) is 0 Å². The first kappa shape index (κ1) is 14.7. The molecular formula is C10H22ClN3O. The molecule has 1 heterocycles. The van der Waals surface area contributed by atoms with Crippen molar-refractivity contribution in [2.24, 2.45) is 11.1 Å². The fraction of sp³-hybridized carbons (Fsp3) is 0.900. The van der Waals surface area contributed by atoms with Gasteiger partial charge in [0, 0.05) is 6.54 Å². The van der Waals surface area contributed by atoms with Crippen molar-refractivity contribution < 1.29 is 4.79 Å². The van der Waals surface area contributed by atoms with E-state index >= 15 is 0 Å². The highest BCUT2D eigenvalue weighted by Crippen LogP contribution is 2.26. The van der Waals surface area contributed by atoms with Gasteiger partial charge in [-0.25, -0.2) is 0 Å². The molecule has 1 amide bonds. The van der Waals surface area contributed by atoms with Crippen LogP contribution < -0.4 is 16.4 Å². The van der Waals surface area contributed by atoms with Crippen LogP contribution in [0.15, 0.2) is 0 Å². The van der Waals surface area contributed by atoms with Gasteiger partial charge in [-0.2, -0.15) is 0 Å². The third-order valence-electron chi connectivity index (χ3n) is 2.91. The number of piperidine rings is 1. The van der Waals surface area contributed by atoms with Gasteiger partial charge in [0.2, 0.25) is 5.91 Å². The molecule has 1 aliphatic rings. The normalized spacial score (nSPS) is 21.3. The first-order valence-electron chi connectivity index (χ1n) is 5.27. The lowest BCUT2D eigenvalue weighted by Crippen LogP contribution is -2.46. The van der Waals surface area contributed by atoms with Gasteiger partial charge in [-0.3, -0.25) is 4.79 Å². The maximum absolute atomic E-state index is 11.3. The summed E-state index contributed by atoms with van der Waals surface area (Å²) >= 11 is 0. The molecule has 0 spiro atoms. The Morgan fingerprint density at radius 1 is 1.53 bits per heavy atom. The maximum atomic E-state index is 11.3. The van der Waals surface area contributed by atoms with E-state index in [-0.39, 0.29) is 23.7 Å². The predicted molar refractivity (Wildman–Crippen MR) is 64.1 cm³/mol. The average molecular weight is 236 g/mol. The van der Waals surface area contributed by atoms with Crippen molar-refractivity contribution in [3.05, 3.63) is 0 Å². The Morgan fingerprint density at radius 2 is 2.07 bits per heavy atom. The van der Waals surface area contributed by atoms with E-state index in [0.717, 1.165) is 32.5 Å². The molecule has 0 aliphatic carbocycles. The number of halogens is 1. The summed E-state index contributed by atoms with van der Waals surface area (Å²) in [5.41, 5.74) is 5.72. The highest BCUT2D eigenvalue weighted by Gasteiger charge is 2.27. The van der Waals surface area contributed by atoms with E-state index in [1.165, 1.54) is 0 Å². The molecule has 90 valence electrons. The van der Waals surface area contributed by atoms with Crippen molar-refractivity contribution in [2.75, 3.05) is 19.6 Å². The summed E-state index contributed by atoms with van der Waals surface area (Å²) < 4.78 is 0. The molecule has 5 heteroatoms. The maximum Gasteiger partial charge on any atom is 0.236 e. The molecule has 0 bridgehead atoms. The average Bonchev–Trinajstić information content (AvgIpc) is 2.15. The van der Waals surface area contributed by atoms with Crippen molar-refractivity contribution in [3.8, 4) is 0 Å². The standard InChI is InChI=1S/C10H21N3O.ClH/c1-8(11)9(14)13-7-10(2)3-5-12-6-4-10;/h8,12H,3-7,11H2,1-2H3,(H,13,14);1H/t8-;/m0./s1. The van der Waals surface area contributed by atoms with Crippen LogP contribution in [0.25, 0.3) is 0 Å². The van der Waals surface area contributed by atoms with Crippen LogP contribution in [0, 0.1) is 5.41 Å². The van der Waals surface area contributed by atoms with Gasteiger partial charge in [-0.1, -0.05) is 6.92 Å². The number of carbonyl (C=O) groups is 1. The van der Waals surface area contributed by atoms with Crippen LogP contribution in [0.4, 0.5) is 0 Å². The summed E-state index contributed by atoms with van der Waals surface area (Å²) in [5, 5.41) is 6.21. The number of nitrogens with two attached hydrogens (primary N) is 1. The van der Waals surface area contributed by atoms with Gasteiger partial charge in [0.15, 0.2) is 0 Å². The predicted octanol–water partition coefficient (Wildman–Crippen LogP) is 0.261. The van der Waals surface area contributed by atoms with Crippen molar-refractivity contribution in [1.29, 1.82) is 0 Å². The second kappa shape index (κ2) is 6.30.